The average Bonchev–Trinajstić information content (AvgIpc) is 2.44. The van der Waals surface area contributed by atoms with Gasteiger partial charge < -0.3 is 9.47 Å². The van der Waals surface area contributed by atoms with Gasteiger partial charge in [0.1, 0.15) is 5.84 Å². The Bertz CT molecular complexity index is 539. The second-order valence-electron chi connectivity index (χ2n) is 5.43. The number of amidine groups is 1. The Hall–Kier alpha value is -2.45. The molecule has 2 N–H and O–H groups in total. The third kappa shape index (κ3) is 5.68. The summed E-state index contributed by atoms with van der Waals surface area (Å²) in [6.45, 7) is 7.27. The molecule has 9 nitrogen and oxygen atoms in total. The van der Waals surface area contributed by atoms with Gasteiger partial charge in [-0.15, -0.1) is 10.2 Å². The van der Waals surface area contributed by atoms with Gasteiger partial charge in [-0.25, -0.2) is 4.79 Å². The third-order valence-electron chi connectivity index (χ3n) is 2.96. The minimum Gasteiger partial charge on any atom is -0.466 e. The number of ether oxygens (including phenoxy) is 2. The molecule has 0 saturated carbocycles. The highest BCUT2D eigenvalue weighted by atomic mass is 16.5. The molecule has 9 heteroatoms. The third-order valence-corrected chi connectivity index (χ3v) is 2.96. The molecular weight excluding hydrogens is 304 g/mol. The van der Waals surface area contributed by atoms with Crippen LogP contribution in [0, 0.1) is 5.41 Å². The lowest BCUT2D eigenvalue weighted by atomic mass is 9.86. The van der Waals surface area contributed by atoms with E-state index >= 15 is 0 Å². The first-order valence-corrected chi connectivity index (χ1v) is 7.32. The van der Waals surface area contributed by atoms with Crippen molar-refractivity contribution in [2.45, 2.75) is 40.5 Å². The summed E-state index contributed by atoms with van der Waals surface area (Å²) in [6, 6.07) is 0. The summed E-state index contributed by atoms with van der Waals surface area (Å²) in [5, 5.41) is 7.78. The molecule has 1 fully saturated rings. The predicted molar refractivity (Wildman–Crippen MR) is 82.4 cm³/mol. The van der Waals surface area contributed by atoms with Crippen molar-refractivity contribution >= 4 is 29.4 Å². The Kier molecular flexibility index (Phi) is 6.67. The van der Waals surface area contributed by atoms with Crippen LogP contribution in [0.15, 0.2) is 10.2 Å². The lowest BCUT2D eigenvalue weighted by Gasteiger charge is -2.30. The summed E-state index contributed by atoms with van der Waals surface area (Å²) in [7, 11) is 0. The van der Waals surface area contributed by atoms with Crippen LogP contribution in [0.5, 0.6) is 0 Å². The maximum absolute atomic E-state index is 11.8. The summed E-state index contributed by atoms with van der Waals surface area (Å²) in [5.74, 6) is -1.12. The van der Waals surface area contributed by atoms with Crippen LogP contribution in [0.2, 0.25) is 0 Å². The quantitative estimate of drug-likeness (QED) is 0.412. The first kappa shape index (κ1) is 18.6. The average molecular weight is 326 g/mol. The van der Waals surface area contributed by atoms with E-state index in [-0.39, 0.29) is 37.7 Å². The fourth-order valence-electron chi connectivity index (χ4n) is 1.81. The van der Waals surface area contributed by atoms with Crippen molar-refractivity contribution in [1.29, 1.82) is 0 Å². The van der Waals surface area contributed by atoms with Crippen LogP contribution in [-0.4, -0.2) is 42.6 Å². The maximum Gasteiger partial charge on any atom is 0.355 e. The number of nitrogens with zero attached hydrogens (tertiary/aromatic N) is 2. The highest BCUT2D eigenvalue weighted by Crippen LogP contribution is 2.23. The van der Waals surface area contributed by atoms with Crippen molar-refractivity contribution in [3.8, 4) is 0 Å². The smallest absolute Gasteiger partial charge is 0.355 e. The number of esters is 2. The molecule has 0 radical (unpaired) electrons. The zero-order chi connectivity index (χ0) is 17.5. The zero-order valence-corrected chi connectivity index (χ0v) is 13.8. The molecule has 0 spiro atoms. The fraction of sp³-hybridized carbons (Fsp3) is 0.643. The number of nitrogens with one attached hydrogen (secondary N) is 2. The minimum atomic E-state index is -0.734. The van der Waals surface area contributed by atoms with E-state index in [1.54, 1.807) is 13.8 Å². The lowest BCUT2D eigenvalue weighted by molar-refractivity contribution is -0.143. The first-order chi connectivity index (χ1) is 10.8. The zero-order valence-electron chi connectivity index (χ0n) is 13.8. The molecule has 0 bridgehead atoms. The number of hydrazine groups is 1. The van der Waals surface area contributed by atoms with Crippen LogP contribution in [0.25, 0.3) is 0 Å². The minimum absolute atomic E-state index is 0.150. The standard InChI is InChI=1S/C14H22N4O5/c1-5-22-11(20)7-9(12(21)23-6-2)15-17-13-14(3,4)8-10(19)16-18-13/h5-8H2,1-4H3,(H,16,19)(H,17,18)/b15-9+. The molecule has 1 rings (SSSR count). The molecule has 0 atom stereocenters. The van der Waals surface area contributed by atoms with Gasteiger partial charge in [0.15, 0.2) is 5.71 Å². The van der Waals surface area contributed by atoms with Gasteiger partial charge in [0.25, 0.3) is 0 Å². The molecule has 128 valence electrons. The fourth-order valence-corrected chi connectivity index (χ4v) is 1.81. The molecule has 0 aliphatic carbocycles. The van der Waals surface area contributed by atoms with Crippen molar-refractivity contribution in [3.05, 3.63) is 0 Å². The molecule has 1 aliphatic heterocycles. The van der Waals surface area contributed by atoms with Crippen molar-refractivity contribution < 1.29 is 23.9 Å². The molecule has 0 unspecified atom stereocenters. The van der Waals surface area contributed by atoms with Gasteiger partial charge in [-0.2, -0.15) is 0 Å². The van der Waals surface area contributed by atoms with Crippen molar-refractivity contribution in [2.75, 3.05) is 13.2 Å². The van der Waals surface area contributed by atoms with E-state index in [1.165, 1.54) is 0 Å². The maximum atomic E-state index is 11.8. The molecule has 0 aromatic carbocycles. The lowest BCUT2D eigenvalue weighted by Crippen LogP contribution is -2.54. The SMILES string of the molecule is CCOC(=O)C/C(=N\N=C1\NNC(=O)CC1(C)C)C(=O)OCC. The van der Waals surface area contributed by atoms with E-state index in [0.717, 1.165) is 0 Å². The first-order valence-electron chi connectivity index (χ1n) is 7.32. The van der Waals surface area contributed by atoms with Gasteiger partial charge in [0.05, 0.1) is 19.6 Å². The van der Waals surface area contributed by atoms with Crippen LogP contribution in [0.4, 0.5) is 0 Å². The Labute approximate surface area is 134 Å². The molecular formula is C14H22N4O5. The summed E-state index contributed by atoms with van der Waals surface area (Å²) in [4.78, 5) is 34.8. The Morgan fingerprint density at radius 3 is 2.39 bits per heavy atom. The number of carbonyl (C=O) groups excluding carboxylic acids is 3. The Morgan fingerprint density at radius 1 is 1.17 bits per heavy atom. The highest BCUT2D eigenvalue weighted by molar-refractivity contribution is 6.39. The molecule has 0 aromatic rings. The van der Waals surface area contributed by atoms with Crippen LogP contribution in [0.1, 0.15) is 40.5 Å². The number of hydrogen-bond acceptors (Lipinski definition) is 7. The van der Waals surface area contributed by atoms with Crippen molar-refractivity contribution in [1.82, 2.24) is 10.9 Å². The monoisotopic (exact) mass is 326 g/mol. The largest absolute Gasteiger partial charge is 0.466 e. The van der Waals surface area contributed by atoms with E-state index < -0.39 is 17.4 Å². The van der Waals surface area contributed by atoms with Crippen molar-refractivity contribution in [2.24, 2.45) is 15.6 Å². The molecule has 0 aromatic heterocycles. The van der Waals surface area contributed by atoms with E-state index in [4.69, 9.17) is 9.47 Å². The van der Waals surface area contributed by atoms with Gasteiger partial charge in [-0.05, 0) is 13.8 Å². The molecule has 1 aliphatic rings. The van der Waals surface area contributed by atoms with Gasteiger partial charge in [0.2, 0.25) is 5.91 Å². The van der Waals surface area contributed by atoms with E-state index in [1.807, 2.05) is 13.8 Å². The molecule has 23 heavy (non-hydrogen) atoms. The van der Waals surface area contributed by atoms with E-state index in [0.29, 0.717) is 5.84 Å². The van der Waals surface area contributed by atoms with Crippen molar-refractivity contribution in [3.63, 3.8) is 0 Å². The normalized spacial score (nSPS) is 18.9. The van der Waals surface area contributed by atoms with E-state index in [9.17, 15) is 14.4 Å². The summed E-state index contributed by atoms with van der Waals surface area (Å²) < 4.78 is 9.65. The van der Waals surface area contributed by atoms with Gasteiger partial charge in [0, 0.05) is 11.8 Å². The van der Waals surface area contributed by atoms with Crippen LogP contribution < -0.4 is 10.9 Å². The second kappa shape index (κ2) is 8.25. The molecule has 1 heterocycles. The van der Waals surface area contributed by atoms with E-state index in [2.05, 4.69) is 21.1 Å². The van der Waals surface area contributed by atoms with Gasteiger partial charge >= 0.3 is 11.9 Å². The van der Waals surface area contributed by atoms with Gasteiger partial charge in [-0.3, -0.25) is 20.4 Å². The number of hydrogen-bond donors (Lipinski definition) is 2. The second-order valence-corrected chi connectivity index (χ2v) is 5.43. The molecule has 1 saturated heterocycles. The van der Waals surface area contributed by atoms with Crippen LogP contribution >= 0.6 is 0 Å². The number of amides is 1. The van der Waals surface area contributed by atoms with Crippen LogP contribution in [-0.2, 0) is 23.9 Å². The summed E-state index contributed by atoms with van der Waals surface area (Å²) in [6.07, 6.45) is -0.114. The summed E-state index contributed by atoms with van der Waals surface area (Å²) >= 11 is 0. The number of rotatable bonds is 6. The molecule has 1 amide bonds. The summed E-state index contributed by atoms with van der Waals surface area (Å²) in [5.41, 5.74) is 4.34. The Balaban J connectivity index is 2.98. The van der Waals surface area contributed by atoms with Crippen LogP contribution in [0.3, 0.4) is 0 Å². The number of carbonyl (C=O) groups is 3. The topological polar surface area (TPSA) is 118 Å². The Morgan fingerprint density at radius 2 is 1.83 bits per heavy atom. The predicted octanol–water partition coefficient (Wildman–Crippen LogP) is 0.308. The highest BCUT2D eigenvalue weighted by Gasteiger charge is 2.33. The van der Waals surface area contributed by atoms with Gasteiger partial charge in [-0.1, -0.05) is 13.8 Å².